The van der Waals surface area contributed by atoms with E-state index in [0.717, 1.165) is 17.3 Å². The second-order valence-electron chi connectivity index (χ2n) is 8.29. The maximum absolute atomic E-state index is 6.44. The van der Waals surface area contributed by atoms with Gasteiger partial charge in [-0.25, -0.2) is 4.98 Å². The number of hydrogen-bond donors (Lipinski definition) is 1. The zero-order chi connectivity index (χ0) is 16.8. The Hall–Kier alpha value is -1.17. The first kappa shape index (κ1) is 16.7. The summed E-state index contributed by atoms with van der Waals surface area (Å²) in [7, 11) is -1.77. The van der Waals surface area contributed by atoms with E-state index in [1.165, 1.54) is 24.0 Å². The van der Waals surface area contributed by atoms with Crippen molar-refractivity contribution in [3.8, 4) is 0 Å². The molecule has 0 unspecified atom stereocenters. The lowest BCUT2D eigenvalue weighted by Crippen LogP contribution is -2.40. The Labute approximate surface area is 140 Å². The van der Waals surface area contributed by atoms with Crippen LogP contribution in [0.5, 0.6) is 0 Å². The Balaban J connectivity index is 1.93. The molecule has 0 amide bonds. The van der Waals surface area contributed by atoms with Crippen molar-refractivity contribution < 1.29 is 4.43 Å². The monoisotopic (exact) mass is 331 g/mol. The molecule has 2 aromatic rings. The second-order valence-corrected chi connectivity index (χ2v) is 13.1. The highest BCUT2D eigenvalue weighted by Gasteiger charge is 2.37. The Morgan fingerprint density at radius 2 is 2.00 bits per heavy atom. The molecule has 1 aliphatic rings. The van der Waals surface area contributed by atoms with Crippen molar-refractivity contribution in [1.29, 1.82) is 0 Å². The van der Waals surface area contributed by atoms with E-state index in [2.05, 4.69) is 61.7 Å². The highest BCUT2D eigenvalue weighted by molar-refractivity contribution is 6.74. The van der Waals surface area contributed by atoms with E-state index >= 15 is 0 Å². The smallest absolute Gasteiger partial charge is 0.192 e. The van der Waals surface area contributed by atoms with Gasteiger partial charge in [0.15, 0.2) is 8.32 Å². The average molecular weight is 332 g/mol. The number of nitrogens with two attached hydrogens (primary N) is 1. The number of pyridine rings is 1. The Bertz CT molecular complexity index is 711. The summed E-state index contributed by atoms with van der Waals surface area (Å²) in [5.41, 5.74) is 10.3. The van der Waals surface area contributed by atoms with Gasteiger partial charge in [0.05, 0.1) is 12.3 Å². The summed E-state index contributed by atoms with van der Waals surface area (Å²) in [5, 5.41) is 0.217. The largest absolute Gasteiger partial charge is 0.412 e. The molecule has 0 saturated heterocycles. The van der Waals surface area contributed by atoms with Crippen molar-refractivity contribution in [3.05, 3.63) is 35.3 Å². The number of rotatable bonds is 5. The molecule has 0 radical (unpaired) electrons. The van der Waals surface area contributed by atoms with Gasteiger partial charge in [-0.3, -0.25) is 0 Å². The van der Waals surface area contributed by atoms with Gasteiger partial charge in [-0.15, -0.1) is 0 Å². The second kappa shape index (κ2) is 5.72. The molecule has 1 fully saturated rings. The van der Waals surface area contributed by atoms with Crippen molar-refractivity contribution in [2.24, 2.45) is 5.73 Å². The molecule has 1 aliphatic carbocycles. The molecule has 126 valence electrons. The Morgan fingerprint density at radius 3 is 2.57 bits per heavy atom. The zero-order valence-electron chi connectivity index (χ0n) is 15.0. The van der Waals surface area contributed by atoms with Gasteiger partial charge >= 0.3 is 0 Å². The Morgan fingerprint density at radius 1 is 1.30 bits per heavy atom. The molecule has 4 nitrogen and oxygen atoms in total. The summed E-state index contributed by atoms with van der Waals surface area (Å²) in [6, 6.07) is 2.30. The quantitative estimate of drug-likeness (QED) is 0.836. The van der Waals surface area contributed by atoms with Crippen LogP contribution in [0.3, 0.4) is 0 Å². The van der Waals surface area contributed by atoms with Gasteiger partial charge in [0.25, 0.3) is 0 Å². The van der Waals surface area contributed by atoms with Crippen LogP contribution >= 0.6 is 0 Å². The van der Waals surface area contributed by atoms with E-state index < -0.39 is 8.32 Å². The van der Waals surface area contributed by atoms with Crippen molar-refractivity contribution in [3.63, 3.8) is 0 Å². The van der Waals surface area contributed by atoms with Gasteiger partial charge < -0.3 is 14.6 Å². The van der Waals surface area contributed by atoms with Crippen LogP contribution < -0.4 is 5.73 Å². The fourth-order valence-corrected chi connectivity index (χ4v) is 3.51. The Kier molecular flexibility index (Phi) is 4.15. The number of imidazole rings is 1. The summed E-state index contributed by atoms with van der Waals surface area (Å²) in [6.07, 6.45) is 6.87. The lowest BCUT2D eigenvalue weighted by Gasteiger charge is -2.36. The van der Waals surface area contributed by atoms with E-state index in [1.54, 1.807) is 0 Å². The average Bonchev–Trinajstić information content (AvgIpc) is 3.22. The molecule has 3 rings (SSSR count). The molecule has 0 bridgehead atoms. The zero-order valence-corrected chi connectivity index (χ0v) is 16.0. The topological polar surface area (TPSA) is 52.5 Å². The molecule has 0 spiro atoms. The van der Waals surface area contributed by atoms with E-state index in [-0.39, 0.29) is 5.04 Å². The van der Waals surface area contributed by atoms with Crippen LogP contribution in [0.1, 0.15) is 56.4 Å². The normalized spacial score (nSPS) is 16.3. The van der Waals surface area contributed by atoms with Crippen LogP contribution in [0.4, 0.5) is 0 Å². The molecule has 1 saturated carbocycles. The number of nitrogens with zero attached hydrogens (tertiary/aromatic N) is 2. The summed E-state index contributed by atoms with van der Waals surface area (Å²) >= 11 is 0. The maximum atomic E-state index is 6.44. The predicted octanol–water partition coefficient (Wildman–Crippen LogP) is 4.19. The van der Waals surface area contributed by atoms with Crippen molar-refractivity contribution >= 4 is 14.0 Å². The van der Waals surface area contributed by atoms with Gasteiger partial charge in [0.2, 0.25) is 0 Å². The third kappa shape index (κ3) is 3.37. The van der Waals surface area contributed by atoms with Crippen LogP contribution in [-0.2, 0) is 17.6 Å². The van der Waals surface area contributed by atoms with Gasteiger partial charge in [-0.05, 0) is 48.5 Å². The fraction of sp³-hybridized carbons (Fsp3) is 0.611. The molecule has 0 aliphatic heterocycles. The minimum atomic E-state index is -1.77. The SMILES string of the molecule is CC(C)(C)[Si](C)(C)OCc1cc(C2CC2)cn2cc(CN)nc12. The minimum absolute atomic E-state index is 0.217. The molecular formula is C18H29N3OSi. The third-order valence-corrected chi connectivity index (χ3v) is 9.83. The molecule has 2 heterocycles. The number of aromatic nitrogens is 2. The first-order valence-corrected chi connectivity index (χ1v) is 11.5. The van der Waals surface area contributed by atoms with Crippen molar-refractivity contribution in [2.45, 2.75) is 70.8 Å². The van der Waals surface area contributed by atoms with Gasteiger partial charge in [-0.2, -0.15) is 0 Å². The van der Waals surface area contributed by atoms with Gasteiger partial charge in [0, 0.05) is 24.5 Å². The van der Waals surface area contributed by atoms with E-state index in [1.807, 2.05) is 0 Å². The predicted molar refractivity (Wildman–Crippen MR) is 97.0 cm³/mol. The molecule has 0 aromatic carbocycles. The summed E-state index contributed by atoms with van der Waals surface area (Å²) in [4.78, 5) is 4.69. The molecule has 5 heteroatoms. The summed E-state index contributed by atoms with van der Waals surface area (Å²) in [5.74, 6) is 0.717. The first-order valence-electron chi connectivity index (χ1n) is 8.56. The third-order valence-electron chi connectivity index (χ3n) is 5.35. The van der Waals surface area contributed by atoms with Crippen LogP contribution in [0.15, 0.2) is 18.5 Å². The highest BCUT2D eigenvalue weighted by atomic mass is 28.4. The van der Waals surface area contributed by atoms with Crippen molar-refractivity contribution in [2.75, 3.05) is 0 Å². The standard InChI is InChI=1S/C18H29N3OSi/c1-18(2,3)23(4,5)22-12-15-8-14(13-6-7-13)10-21-11-16(9-19)20-17(15)21/h8,10-11,13H,6-7,9,12,19H2,1-5H3. The van der Waals surface area contributed by atoms with Crippen LogP contribution in [-0.4, -0.2) is 17.7 Å². The lowest BCUT2D eigenvalue weighted by atomic mass is 10.1. The number of fused-ring (bicyclic) bond motifs is 1. The molecule has 2 aromatic heterocycles. The number of hydrogen-bond acceptors (Lipinski definition) is 3. The molecule has 2 N–H and O–H groups in total. The van der Waals surface area contributed by atoms with Crippen LogP contribution in [0.2, 0.25) is 18.1 Å². The molecule has 23 heavy (non-hydrogen) atoms. The van der Waals surface area contributed by atoms with E-state index in [4.69, 9.17) is 10.2 Å². The summed E-state index contributed by atoms with van der Waals surface area (Å²) < 4.78 is 8.58. The van der Waals surface area contributed by atoms with Gasteiger partial charge in [0.1, 0.15) is 5.65 Å². The lowest BCUT2D eigenvalue weighted by molar-refractivity contribution is 0.277. The van der Waals surface area contributed by atoms with E-state index in [0.29, 0.717) is 13.2 Å². The van der Waals surface area contributed by atoms with Gasteiger partial charge in [-0.1, -0.05) is 20.8 Å². The fourth-order valence-electron chi connectivity index (χ4n) is 2.56. The van der Waals surface area contributed by atoms with Crippen LogP contribution in [0.25, 0.3) is 5.65 Å². The summed E-state index contributed by atoms with van der Waals surface area (Å²) in [6.45, 7) is 12.5. The highest BCUT2D eigenvalue weighted by Crippen LogP contribution is 2.41. The van der Waals surface area contributed by atoms with E-state index in [9.17, 15) is 0 Å². The molecule has 0 atom stereocenters. The van der Waals surface area contributed by atoms with Crippen LogP contribution in [0, 0.1) is 0 Å². The van der Waals surface area contributed by atoms with Crippen molar-refractivity contribution in [1.82, 2.24) is 9.38 Å². The maximum Gasteiger partial charge on any atom is 0.192 e. The first-order chi connectivity index (χ1) is 10.7. The minimum Gasteiger partial charge on any atom is -0.412 e. The molecular weight excluding hydrogens is 302 g/mol.